The lowest BCUT2D eigenvalue weighted by molar-refractivity contribution is -0.137. The SMILES string of the molecule is O=C(Nc1ccc(Cl)cc1C(F)(F)F)C(Sc1ncnc2scc(-c3ccccc3)c12)c1ccccc1. The third-order valence-electron chi connectivity index (χ3n) is 5.54. The highest BCUT2D eigenvalue weighted by atomic mass is 35.5. The summed E-state index contributed by atoms with van der Waals surface area (Å²) in [6, 6.07) is 21.9. The van der Waals surface area contributed by atoms with E-state index in [1.165, 1.54) is 23.7 Å². The number of carbonyl (C=O) groups is 1. The van der Waals surface area contributed by atoms with Gasteiger partial charge >= 0.3 is 6.18 Å². The van der Waals surface area contributed by atoms with Crippen molar-refractivity contribution in [2.45, 2.75) is 16.5 Å². The summed E-state index contributed by atoms with van der Waals surface area (Å²) in [7, 11) is 0. The van der Waals surface area contributed by atoms with Crippen molar-refractivity contribution in [1.82, 2.24) is 9.97 Å². The molecule has 0 aliphatic heterocycles. The van der Waals surface area contributed by atoms with Crippen LogP contribution < -0.4 is 5.32 Å². The van der Waals surface area contributed by atoms with Crippen LogP contribution in [0.3, 0.4) is 0 Å². The first-order chi connectivity index (χ1) is 17.8. The molecule has 0 saturated heterocycles. The quantitative estimate of drug-likeness (QED) is 0.168. The minimum atomic E-state index is -4.69. The molecule has 0 radical (unpaired) electrons. The zero-order chi connectivity index (χ0) is 26.0. The van der Waals surface area contributed by atoms with E-state index in [0.29, 0.717) is 10.6 Å². The zero-order valence-electron chi connectivity index (χ0n) is 18.9. The van der Waals surface area contributed by atoms with Crippen molar-refractivity contribution >= 4 is 56.5 Å². The molecule has 10 heteroatoms. The molecule has 2 heterocycles. The molecule has 1 atom stereocenters. The van der Waals surface area contributed by atoms with Crippen molar-refractivity contribution in [3.8, 4) is 11.1 Å². The second-order valence-corrected chi connectivity index (χ2v) is 10.3. The lowest BCUT2D eigenvalue weighted by Crippen LogP contribution is -2.21. The molecule has 0 saturated carbocycles. The number of nitrogens with one attached hydrogen (secondary N) is 1. The zero-order valence-corrected chi connectivity index (χ0v) is 21.3. The van der Waals surface area contributed by atoms with Gasteiger partial charge in [0.1, 0.15) is 21.4 Å². The van der Waals surface area contributed by atoms with Crippen LogP contribution in [0.25, 0.3) is 21.3 Å². The Bertz CT molecular complexity index is 1560. The van der Waals surface area contributed by atoms with Crippen LogP contribution in [-0.2, 0) is 11.0 Å². The smallest absolute Gasteiger partial charge is 0.324 e. The summed E-state index contributed by atoms with van der Waals surface area (Å²) in [4.78, 5) is 23.1. The molecule has 186 valence electrons. The fourth-order valence-electron chi connectivity index (χ4n) is 3.84. The summed E-state index contributed by atoms with van der Waals surface area (Å²) in [5.74, 6) is -0.618. The van der Waals surface area contributed by atoms with Crippen LogP contribution in [0.5, 0.6) is 0 Å². The number of thioether (sulfide) groups is 1. The molecule has 3 aromatic carbocycles. The van der Waals surface area contributed by atoms with Crippen molar-refractivity contribution in [2.24, 2.45) is 0 Å². The van der Waals surface area contributed by atoms with Crippen LogP contribution >= 0.6 is 34.7 Å². The molecule has 1 N–H and O–H groups in total. The molecule has 0 aliphatic carbocycles. The van der Waals surface area contributed by atoms with E-state index in [1.54, 1.807) is 30.3 Å². The molecule has 0 fully saturated rings. The number of carbonyl (C=O) groups excluding carboxylic acids is 1. The summed E-state index contributed by atoms with van der Waals surface area (Å²) in [5, 5.41) is 4.84. The number of amides is 1. The second kappa shape index (κ2) is 10.5. The molecular formula is C27H17ClF3N3OS2. The van der Waals surface area contributed by atoms with E-state index in [0.717, 1.165) is 45.2 Å². The lowest BCUT2D eigenvalue weighted by Gasteiger charge is -2.19. The highest BCUT2D eigenvalue weighted by Gasteiger charge is 2.35. The molecule has 1 amide bonds. The van der Waals surface area contributed by atoms with Gasteiger partial charge in [-0.3, -0.25) is 4.79 Å². The summed E-state index contributed by atoms with van der Waals surface area (Å²) in [6.07, 6.45) is -3.26. The van der Waals surface area contributed by atoms with Crippen LogP contribution in [0.15, 0.2) is 95.6 Å². The number of fused-ring (bicyclic) bond motifs is 1. The van der Waals surface area contributed by atoms with E-state index in [-0.39, 0.29) is 10.7 Å². The van der Waals surface area contributed by atoms with E-state index < -0.39 is 22.9 Å². The number of nitrogens with zero attached hydrogens (tertiary/aromatic N) is 2. The van der Waals surface area contributed by atoms with Gasteiger partial charge in [-0.1, -0.05) is 84.0 Å². The van der Waals surface area contributed by atoms with Crippen molar-refractivity contribution in [2.75, 3.05) is 5.32 Å². The molecule has 5 aromatic rings. The Morgan fingerprint density at radius 3 is 2.38 bits per heavy atom. The van der Waals surface area contributed by atoms with Crippen molar-refractivity contribution in [1.29, 1.82) is 0 Å². The van der Waals surface area contributed by atoms with Gasteiger partial charge in [0.15, 0.2) is 0 Å². The number of anilines is 1. The Kier molecular flexibility index (Phi) is 7.19. The van der Waals surface area contributed by atoms with Gasteiger partial charge < -0.3 is 5.32 Å². The van der Waals surface area contributed by atoms with Crippen LogP contribution in [0, 0.1) is 0 Å². The third-order valence-corrected chi connectivity index (χ3v) is 7.91. The Labute approximate surface area is 223 Å². The highest BCUT2D eigenvalue weighted by molar-refractivity contribution is 8.00. The fraction of sp³-hybridized carbons (Fsp3) is 0.0741. The molecule has 0 bridgehead atoms. The number of benzene rings is 3. The van der Waals surface area contributed by atoms with E-state index in [2.05, 4.69) is 15.3 Å². The predicted molar refractivity (Wildman–Crippen MR) is 143 cm³/mol. The summed E-state index contributed by atoms with van der Waals surface area (Å²) in [5.41, 5.74) is 1.14. The molecule has 1 unspecified atom stereocenters. The molecule has 0 spiro atoms. The van der Waals surface area contributed by atoms with E-state index in [9.17, 15) is 18.0 Å². The van der Waals surface area contributed by atoms with Crippen LogP contribution in [-0.4, -0.2) is 15.9 Å². The van der Waals surface area contributed by atoms with Gasteiger partial charge in [-0.2, -0.15) is 13.2 Å². The number of alkyl halides is 3. The number of aromatic nitrogens is 2. The number of halogens is 4. The first kappa shape index (κ1) is 25.3. The number of hydrogen-bond acceptors (Lipinski definition) is 5. The third kappa shape index (κ3) is 5.49. The monoisotopic (exact) mass is 555 g/mol. The van der Waals surface area contributed by atoms with E-state index >= 15 is 0 Å². The average Bonchev–Trinajstić information content (AvgIpc) is 3.34. The average molecular weight is 556 g/mol. The van der Waals surface area contributed by atoms with Crippen LogP contribution in [0.4, 0.5) is 18.9 Å². The number of rotatable bonds is 6. The van der Waals surface area contributed by atoms with Crippen molar-refractivity contribution in [3.05, 3.63) is 107 Å². The molecule has 0 aliphatic rings. The Morgan fingerprint density at radius 1 is 0.973 bits per heavy atom. The van der Waals surface area contributed by atoms with Gasteiger partial charge in [0.05, 0.1) is 16.6 Å². The lowest BCUT2D eigenvalue weighted by atomic mass is 10.1. The van der Waals surface area contributed by atoms with Crippen LogP contribution in [0.2, 0.25) is 5.02 Å². The van der Waals surface area contributed by atoms with Gasteiger partial charge in [0.2, 0.25) is 5.91 Å². The van der Waals surface area contributed by atoms with E-state index in [4.69, 9.17) is 11.6 Å². The topological polar surface area (TPSA) is 54.9 Å². The van der Waals surface area contributed by atoms with Gasteiger partial charge in [-0.05, 0) is 29.3 Å². The van der Waals surface area contributed by atoms with Gasteiger partial charge in [0, 0.05) is 16.0 Å². The van der Waals surface area contributed by atoms with Crippen molar-refractivity contribution < 1.29 is 18.0 Å². The summed E-state index contributed by atoms with van der Waals surface area (Å²) in [6.45, 7) is 0. The highest BCUT2D eigenvalue weighted by Crippen LogP contribution is 2.44. The standard InChI is InChI=1S/C27H17ClF3N3OS2/c28-18-11-12-21(20(13-18)27(29,30)31)34-24(35)23(17-9-5-2-6-10-17)37-26-22-19(16-7-3-1-4-8-16)14-36-25(22)32-15-33-26/h1-15,23H,(H,34,35). The maximum absolute atomic E-state index is 13.7. The molecule has 37 heavy (non-hydrogen) atoms. The van der Waals surface area contributed by atoms with Crippen LogP contribution in [0.1, 0.15) is 16.4 Å². The Morgan fingerprint density at radius 2 is 1.68 bits per heavy atom. The molecule has 5 rings (SSSR count). The first-order valence-corrected chi connectivity index (χ1v) is 13.1. The normalized spacial score (nSPS) is 12.4. The minimum Gasteiger partial charge on any atom is -0.324 e. The molecular weight excluding hydrogens is 539 g/mol. The Balaban J connectivity index is 1.56. The number of thiophene rings is 1. The van der Waals surface area contributed by atoms with Gasteiger partial charge in [-0.15, -0.1) is 11.3 Å². The largest absolute Gasteiger partial charge is 0.418 e. The summed E-state index contributed by atoms with van der Waals surface area (Å²) < 4.78 is 41.0. The fourth-order valence-corrected chi connectivity index (χ4v) is 6.11. The summed E-state index contributed by atoms with van der Waals surface area (Å²) >= 11 is 8.43. The maximum Gasteiger partial charge on any atom is 0.418 e. The van der Waals surface area contributed by atoms with Crippen molar-refractivity contribution in [3.63, 3.8) is 0 Å². The predicted octanol–water partition coefficient (Wildman–Crippen LogP) is 8.50. The maximum atomic E-state index is 13.7. The first-order valence-electron chi connectivity index (χ1n) is 11.0. The minimum absolute atomic E-state index is 0.0754. The molecule has 2 aromatic heterocycles. The second-order valence-electron chi connectivity index (χ2n) is 7.96. The number of hydrogen-bond donors (Lipinski definition) is 1. The Hall–Kier alpha value is -3.40. The van der Waals surface area contributed by atoms with Gasteiger partial charge in [0.25, 0.3) is 0 Å². The van der Waals surface area contributed by atoms with Gasteiger partial charge in [-0.25, -0.2) is 9.97 Å². The molecule has 4 nitrogen and oxygen atoms in total. The van der Waals surface area contributed by atoms with E-state index in [1.807, 2.05) is 35.7 Å².